The number of fused-ring (bicyclic) bond motifs is 1. The molecule has 10 nitrogen and oxygen atoms in total. The number of carbonyl (C=O) groups is 3. The first-order chi connectivity index (χ1) is 23.2. The van der Waals surface area contributed by atoms with Crippen LogP contribution in [-0.2, 0) is 9.59 Å². The number of anilines is 1. The van der Waals surface area contributed by atoms with Crippen molar-refractivity contribution in [1.82, 2.24) is 19.4 Å². The van der Waals surface area contributed by atoms with Gasteiger partial charge in [-0.3, -0.25) is 19.4 Å². The molecule has 3 fully saturated rings. The van der Waals surface area contributed by atoms with Crippen LogP contribution in [0.3, 0.4) is 0 Å². The quantitative estimate of drug-likeness (QED) is 0.168. The topological polar surface area (TPSA) is 97.2 Å². The molecule has 1 saturated carbocycles. The van der Waals surface area contributed by atoms with E-state index in [1.807, 2.05) is 61.2 Å². The number of benzene rings is 3. The van der Waals surface area contributed by atoms with Gasteiger partial charge in [-0.2, -0.15) is 0 Å². The third kappa shape index (κ3) is 6.23. The minimum atomic E-state index is -0.515. The number of aryl methyl sites for hydroxylation is 1. The molecule has 2 aliphatic heterocycles. The largest absolute Gasteiger partial charge is 0.497 e. The lowest BCUT2D eigenvalue weighted by Crippen LogP contribution is -2.42. The summed E-state index contributed by atoms with van der Waals surface area (Å²) in [5, 5.41) is 0. The first kappa shape index (κ1) is 31.7. The van der Waals surface area contributed by atoms with Gasteiger partial charge in [0.05, 0.1) is 24.2 Å². The highest BCUT2D eigenvalue weighted by Gasteiger charge is 2.45. The molecule has 0 bridgehead atoms. The Morgan fingerprint density at radius 1 is 0.896 bits per heavy atom. The zero-order valence-corrected chi connectivity index (χ0v) is 28.1. The van der Waals surface area contributed by atoms with Gasteiger partial charge < -0.3 is 18.9 Å². The Hall–Kier alpha value is -4.86. The third-order valence-corrected chi connectivity index (χ3v) is 9.81. The van der Waals surface area contributed by atoms with Crippen molar-refractivity contribution in [3.05, 3.63) is 78.1 Å². The fraction of sp³-hybridized carbons (Fsp3) is 0.421. The number of carbonyl (C=O) groups excluding carboxylic acids is 3. The summed E-state index contributed by atoms with van der Waals surface area (Å²) in [6, 6.07) is 20.3. The molecule has 3 aromatic carbocycles. The van der Waals surface area contributed by atoms with Gasteiger partial charge in [-0.05, 0) is 111 Å². The normalized spacial score (nSPS) is 17.9. The van der Waals surface area contributed by atoms with Crippen molar-refractivity contribution >= 4 is 34.6 Å². The number of amides is 4. The summed E-state index contributed by atoms with van der Waals surface area (Å²) >= 11 is 0. The monoisotopic (exact) mass is 649 g/mol. The molecule has 1 aromatic heterocycles. The van der Waals surface area contributed by atoms with E-state index in [1.54, 1.807) is 24.1 Å². The number of aromatic nitrogens is 2. The maximum atomic E-state index is 14.3. The highest BCUT2D eigenvalue weighted by Crippen LogP contribution is 2.44. The summed E-state index contributed by atoms with van der Waals surface area (Å²) in [6.07, 6.45) is 4.36. The second-order valence-corrected chi connectivity index (χ2v) is 13.6. The number of nitrogens with zero attached hydrogens (tertiary/aromatic N) is 5. The first-order valence-corrected chi connectivity index (χ1v) is 17.0. The van der Waals surface area contributed by atoms with E-state index < -0.39 is 6.04 Å². The number of imide groups is 1. The van der Waals surface area contributed by atoms with Crippen molar-refractivity contribution < 1.29 is 23.9 Å². The van der Waals surface area contributed by atoms with E-state index in [-0.39, 0.29) is 36.2 Å². The molecular formula is C38H43N5O5. The second-order valence-electron chi connectivity index (χ2n) is 13.6. The van der Waals surface area contributed by atoms with Gasteiger partial charge in [0.15, 0.2) is 0 Å². The molecular weight excluding hydrogens is 606 g/mol. The van der Waals surface area contributed by atoms with E-state index in [1.165, 1.54) is 4.90 Å². The average Bonchev–Trinajstić information content (AvgIpc) is 3.80. The van der Waals surface area contributed by atoms with Gasteiger partial charge in [-0.1, -0.05) is 19.9 Å². The van der Waals surface area contributed by atoms with Gasteiger partial charge in [-0.15, -0.1) is 0 Å². The van der Waals surface area contributed by atoms with Gasteiger partial charge in [0, 0.05) is 30.7 Å². The van der Waals surface area contributed by atoms with Crippen LogP contribution in [0.15, 0.2) is 66.7 Å². The summed E-state index contributed by atoms with van der Waals surface area (Å²) < 4.78 is 13.5. The molecule has 1 aliphatic carbocycles. The Morgan fingerprint density at radius 3 is 2.17 bits per heavy atom. The molecule has 4 amide bonds. The van der Waals surface area contributed by atoms with Crippen molar-refractivity contribution in [3.63, 3.8) is 0 Å². The van der Waals surface area contributed by atoms with E-state index in [9.17, 15) is 14.4 Å². The molecule has 0 unspecified atom stereocenters. The summed E-state index contributed by atoms with van der Waals surface area (Å²) in [5.41, 5.74) is 3.71. The summed E-state index contributed by atoms with van der Waals surface area (Å²) in [7, 11) is 1.62. The van der Waals surface area contributed by atoms with E-state index in [0.717, 1.165) is 53.9 Å². The minimum absolute atomic E-state index is 0.0369. The van der Waals surface area contributed by atoms with Gasteiger partial charge in [0.1, 0.15) is 29.6 Å². The Balaban J connectivity index is 1.17. The van der Waals surface area contributed by atoms with Gasteiger partial charge in [0.25, 0.3) is 5.91 Å². The van der Waals surface area contributed by atoms with Crippen molar-refractivity contribution in [2.45, 2.75) is 65.0 Å². The number of piperidine rings is 1. The lowest BCUT2D eigenvalue weighted by atomic mass is 9.89. The summed E-state index contributed by atoms with van der Waals surface area (Å²) in [5.74, 6) is 2.95. The molecule has 2 saturated heterocycles. The number of ether oxygens (including phenoxy) is 2. The average molecular weight is 650 g/mol. The van der Waals surface area contributed by atoms with Gasteiger partial charge in [-0.25, -0.2) is 9.78 Å². The van der Waals surface area contributed by atoms with E-state index in [4.69, 9.17) is 14.5 Å². The number of methoxy groups -OCH3 is 1. The number of rotatable bonds is 10. The minimum Gasteiger partial charge on any atom is -0.497 e. The summed E-state index contributed by atoms with van der Waals surface area (Å²) in [4.78, 5) is 51.0. The molecule has 0 N–H and O–H groups in total. The van der Waals surface area contributed by atoms with Gasteiger partial charge >= 0.3 is 6.03 Å². The van der Waals surface area contributed by atoms with E-state index in [0.29, 0.717) is 42.7 Å². The number of urea groups is 1. The number of hydrogen-bond acceptors (Lipinski definition) is 6. The highest BCUT2D eigenvalue weighted by molar-refractivity contribution is 6.12. The van der Waals surface area contributed by atoms with Crippen LogP contribution in [0.2, 0.25) is 0 Å². The Morgan fingerprint density at radius 2 is 1.54 bits per heavy atom. The van der Waals surface area contributed by atoms with Crippen molar-refractivity contribution in [3.8, 4) is 17.2 Å². The van der Waals surface area contributed by atoms with Crippen LogP contribution in [0.1, 0.15) is 69.4 Å². The first-order valence-electron chi connectivity index (χ1n) is 17.0. The zero-order chi connectivity index (χ0) is 33.5. The predicted molar refractivity (Wildman–Crippen MR) is 183 cm³/mol. The molecule has 7 rings (SSSR count). The Bertz CT molecular complexity index is 1820. The molecule has 48 heavy (non-hydrogen) atoms. The molecule has 0 spiro atoms. The third-order valence-electron chi connectivity index (χ3n) is 9.81. The molecule has 10 heteroatoms. The standard InChI is InChI=1S/C38H43N5O5/c1-24(2)37(45)40-19-17-26(18-20-40)22-34(36-39-32-16-5-25(3)21-33(32)42(36)28-6-7-28)43-35(44)23-41(38(43)46)27-8-10-30(11-9-27)48-31-14-12-29(47-4)13-15-31/h5,8-16,21,24,26,28,34H,6-7,17-20,22-23H2,1-4H3/t34-/m0/s1. The molecule has 0 radical (unpaired) electrons. The molecule has 3 aliphatic rings. The fourth-order valence-corrected chi connectivity index (χ4v) is 7.07. The fourth-order valence-electron chi connectivity index (χ4n) is 7.07. The SMILES string of the molecule is COc1ccc(Oc2ccc(N3CC(=O)N([C@@H](CC4CCN(C(=O)C(C)C)CC4)c4nc5ccc(C)cc5n4C4CC4)C3=O)cc2)cc1. The van der Waals surface area contributed by atoms with E-state index >= 15 is 0 Å². The predicted octanol–water partition coefficient (Wildman–Crippen LogP) is 7.28. The van der Waals surface area contributed by atoms with E-state index in [2.05, 4.69) is 23.6 Å². The van der Waals surface area contributed by atoms with Gasteiger partial charge in [0.2, 0.25) is 5.91 Å². The zero-order valence-electron chi connectivity index (χ0n) is 28.1. The molecule has 4 aromatic rings. The van der Waals surface area contributed by atoms with Crippen LogP contribution in [0.25, 0.3) is 11.0 Å². The van der Waals surface area contributed by atoms with Crippen LogP contribution >= 0.6 is 0 Å². The van der Waals surface area contributed by atoms with Crippen LogP contribution in [0.5, 0.6) is 17.2 Å². The van der Waals surface area contributed by atoms with Crippen molar-refractivity contribution in [1.29, 1.82) is 0 Å². The summed E-state index contributed by atoms with van der Waals surface area (Å²) in [6.45, 7) is 7.28. The van der Waals surface area contributed by atoms with Crippen LogP contribution in [-0.4, -0.2) is 63.9 Å². The Kier molecular flexibility index (Phi) is 8.58. The lowest BCUT2D eigenvalue weighted by Gasteiger charge is -2.36. The smallest absolute Gasteiger partial charge is 0.332 e. The number of imidazole rings is 1. The molecule has 3 heterocycles. The van der Waals surface area contributed by atoms with Crippen LogP contribution < -0.4 is 14.4 Å². The lowest BCUT2D eigenvalue weighted by molar-refractivity contribution is -0.135. The molecule has 1 atom stereocenters. The number of hydrogen-bond donors (Lipinski definition) is 0. The highest BCUT2D eigenvalue weighted by atomic mass is 16.5. The maximum absolute atomic E-state index is 14.3. The molecule has 250 valence electrons. The second kappa shape index (κ2) is 13.0. The van der Waals surface area contributed by atoms with Crippen LogP contribution in [0.4, 0.5) is 10.5 Å². The van der Waals surface area contributed by atoms with Crippen molar-refractivity contribution in [2.75, 3.05) is 31.6 Å². The Labute approximate surface area is 281 Å². The maximum Gasteiger partial charge on any atom is 0.332 e. The number of likely N-dealkylation sites (tertiary alicyclic amines) is 1. The van der Waals surface area contributed by atoms with Crippen molar-refractivity contribution in [2.24, 2.45) is 11.8 Å². The van der Waals surface area contributed by atoms with Crippen LogP contribution in [0, 0.1) is 18.8 Å².